The van der Waals surface area contributed by atoms with Crippen molar-refractivity contribution in [1.82, 2.24) is 3.71 Å². The van der Waals surface area contributed by atoms with Crippen molar-refractivity contribution in [3.05, 3.63) is 30.1 Å². The predicted molar refractivity (Wildman–Crippen MR) is 137 cm³/mol. The molecule has 4 nitrogen and oxygen atoms in total. The summed E-state index contributed by atoms with van der Waals surface area (Å²) in [6, 6.07) is 6.06. The number of hydrogen-bond donors (Lipinski definition) is 0. The van der Waals surface area contributed by atoms with E-state index in [1.165, 1.54) is 50.7 Å². The zero-order chi connectivity index (χ0) is 23.8. The Morgan fingerprint density at radius 1 is 0.714 bits per heavy atom. The fourth-order valence-corrected chi connectivity index (χ4v) is 15.0. The molecule has 8 aliphatic rings. The molecule has 0 saturated heterocycles. The summed E-state index contributed by atoms with van der Waals surface area (Å²) in [4.78, 5) is 0. The van der Waals surface area contributed by atoms with Crippen molar-refractivity contribution in [2.75, 3.05) is 13.2 Å². The summed E-state index contributed by atoms with van der Waals surface area (Å²) in [5.41, 5.74) is 0. The smallest absolute Gasteiger partial charge is 0.123 e. The third-order valence-electron chi connectivity index (χ3n) is 10.4. The number of rotatable bonds is 8. The average Bonchev–Trinajstić information content (AvgIpc) is 2.80. The highest BCUT2D eigenvalue weighted by atomic mass is 32.3. The highest BCUT2D eigenvalue weighted by molar-refractivity contribution is 7.99. The van der Waals surface area contributed by atoms with Crippen LogP contribution in [0.5, 0.6) is 5.75 Å². The minimum absolute atomic E-state index is 0.192. The molecule has 7 heteroatoms. The van der Waals surface area contributed by atoms with Crippen LogP contribution in [0.15, 0.2) is 24.3 Å². The van der Waals surface area contributed by atoms with E-state index in [4.69, 9.17) is 4.74 Å². The Morgan fingerprint density at radius 2 is 1.09 bits per heavy atom. The van der Waals surface area contributed by atoms with Crippen molar-refractivity contribution >= 4 is 22.0 Å². The average molecular weight is 520 g/mol. The van der Waals surface area contributed by atoms with Gasteiger partial charge in [0.15, 0.2) is 0 Å². The van der Waals surface area contributed by atoms with Crippen molar-refractivity contribution in [2.24, 2.45) is 35.5 Å². The van der Waals surface area contributed by atoms with E-state index in [1.807, 2.05) is 3.71 Å². The van der Waals surface area contributed by atoms with Gasteiger partial charge >= 0.3 is 0 Å². The van der Waals surface area contributed by atoms with Gasteiger partial charge in [0.25, 0.3) is 0 Å². The molecule has 0 aromatic heterocycles. The number of ether oxygens (including phenoxy) is 1. The van der Waals surface area contributed by atoms with E-state index in [-0.39, 0.29) is 15.3 Å². The Balaban J connectivity index is 1.15. The van der Waals surface area contributed by atoms with Crippen LogP contribution in [-0.4, -0.2) is 34.8 Å². The maximum Gasteiger partial charge on any atom is 0.123 e. The Hall–Kier alpha value is -0.790. The summed E-state index contributed by atoms with van der Waals surface area (Å²) in [5.74, 6) is 4.54. The Kier molecular flexibility index (Phi) is 5.75. The van der Waals surface area contributed by atoms with Crippen LogP contribution in [0, 0.1) is 41.3 Å². The van der Waals surface area contributed by atoms with Crippen LogP contribution in [-0.2, 0) is 22.0 Å². The van der Waals surface area contributed by atoms with Gasteiger partial charge in [-0.25, -0.2) is 12.8 Å². The summed E-state index contributed by atoms with van der Waals surface area (Å²) in [6.45, 7) is 0.724. The molecule has 1 aromatic rings. The summed E-state index contributed by atoms with van der Waals surface area (Å²) in [7, 11) is -2.55. The fourth-order valence-electron chi connectivity index (χ4n) is 9.92. The Labute approximate surface area is 213 Å². The molecule has 0 unspecified atom stereocenters. The lowest BCUT2D eigenvalue weighted by atomic mass is 9.56. The molecular weight excluding hydrogens is 481 g/mol. The topological polar surface area (TPSA) is 46.6 Å². The molecule has 9 rings (SSSR count). The second kappa shape index (κ2) is 8.62. The molecule has 0 radical (unpaired) electrons. The molecule has 0 N–H and O–H groups in total. The van der Waals surface area contributed by atoms with Crippen molar-refractivity contribution in [3.8, 4) is 5.75 Å². The van der Waals surface area contributed by atoms with E-state index in [0.29, 0.717) is 54.4 Å². The first kappa shape index (κ1) is 23.3. The van der Waals surface area contributed by atoms with E-state index in [9.17, 15) is 12.8 Å². The zero-order valence-electron chi connectivity index (χ0n) is 20.5. The standard InChI is InChI=1S/C28H38FNO3S2/c29-25-1-3-26(4-2-25)33-6-5-30(34(31)27-13-19-7-20(14-27)9-21(8-19)15-27)35(32)28-16-22-10-23(17-28)12-24(11-22)18-28/h1-4,19-24H,5-18H2/t19?,20?,21?,22?,23?,24?,27?,28?,34-,35-/m0/s1. The summed E-state index contributed by atoms with van der Waals surface area (Å²) < 4.78 is 49.9. The van der Waals surface area contributed by atoms with Gasteiger partial charge in [0.1, 0.15) is 40.1 Å². The molecule has 0 spiro atoms. The SMILES string of the molecule is O=[S@](N(CCOc1ccc(F)cc1)[S@@](=O)C12CC3CC(CC(C3)C1)C2)C12CC3CC(CC(C3)C1)C2. The maximum atomic E-state index is 14.6. The first-order valence-corrected chi connectivity index (χ1v) is 16.1. The molecule has 8 fully saturated rings. The van der Waals surface area contributed by atoms with E-state index < -0.39 is 22.0 Å². The van der Waals surface area contributed by atoms with Gasteiger partial charge in [0.2, 0.25) is 0 Å². The molecule has 8 aliphatic carbocycles. The number of hydrogen-bond acceptors (Lipinski definition) is 3. The molecule has 0 amide bonds. The van der Waals surface area contributed by atoms with Gasteiger partial charge in [-0.05, 0) is 137 Å². The molecule has 192 valence electrons. The molecule has 35 heavy (non-hydrogen) atoms. The Bertz CT molecular complexity index is 901. The highest BCUT2D eigenvalue weighted by Gasteiger charge is 2.59. The number of halogens is 1. The monoisotopic (exact) mass is 519 g/mol. The molecule has 0 heterocycles. The lowest BCUT2D eigenvalue weighted by Crippen LogP contribution is -2.60. The van der Waals surface area contributed by atoms with Crippen molar-refractivity contribution in [2.45, 2.75) is 86.5 Å². The maximum absolute atomic E-state index is 14.6. The summed E-state index contributed by atoms with van der Waals surface area (Å²) in [6.07, 6.45) is 14.1. The Morgan fingerprint density at radius 3 is 1.46 bits per heavy atom. The fraction of sp³-hybridized carbons (Fsp3) is 0.786. The van der Waals surface area contributed by atoms with Crippen LogP contribution in [0.2, 0.25) is 0 Å². The molecular formula is C28H38FNO3S2. The first-order chi connectivity index (χ1) is 16.9. The van der Waals surface area contributed by atoms with Crippen LogP contribution in [0.1, 0.15) is 77.0 Å². The van der Waals surface area contributed by atoms with E-state index in [0.717, 1.165) is 38.5 Å². The van der Waals surface area contributed by atoms with Gasteiger partial charge in [0, 0.05) is 0 Å². The zero-order valence-corrected chi connectivity index (χ0v) is 22.2. The quantitative estimate of drug-likeness (QED) is 0.438. The molecule has 0 aliphatic heterocycles. The van der Waals surface area contributed by atoms with Gasteiger partial charge in [-0.2, -0.15) is 0 Å². The number of nitrogens with zero attached hydrogens (tertiary/aromatic N) is 1. The molecule has 8 bridgehead atoms. The first-order valence-electron chi connectivity index (χ1n) is 13.9. The normalized spacial score (nSPS) is 44.6. The lowest BCUT2D eigenvalue weighted by Gasteiger charge is -2.58. The van der Waals surface area contributed by atoms with Crippen molar-refractivity contribution in [3.63, 3.8) is 0 Å². The van der Waals surface area contributed by atoms with Crippen LogP contribution in [0.25, 0.3) is 0 Å². The van der Waals surface area contributed by atoms with Crippen LogP contribution in [0.4, 0.5) is 4.39 Å². The predicted octanol–water partition coefficient (Wildman–Crippen LogP) is 5.77. The van der Waals surface area contributed by atoms with E-state index in [1.54, 1.807) is 12.1 Å². The summed E-state index contributed by atoms with van der Waals surface area (Å²) >= 11 is 0. The van der Waals surface area contributed by atoms with Crippen LogP contribution in [0.3, 0.4) is 0 Å². The van der Waals surface area contributed by atoms with Crippen molar-refractivity contribution in [1.29, 1.82) is 0 Å². The van der Waals surface area contributed by atoms with Gasteiger partial charge in [-0.15, -0.1) is 3.71 Å². The van der Waals surface area contributed by atoms with Gasteiger partial charge < -0.3 is 4.74 Å². The molecule has 2 atom stereocenters. The van der Waals surface area contributed by atoms with Crippen LogP contribution < -0.4 is 4.74 Å². The minimum Gasteiger partial charge on any atom is -0.492 e. The number of benzene rings is 1. The van der Waals surface area contributed by atoms with Gasteiger partial charge in [-0.3, -0.25) is 0 Å². The second-order valence-corrected chi connectivity index (χ2v) is 16.9. The second-order valence-electron chi connectivity index (χ2n) is 13.1. The van der Waals surface area contributed by atoms with Gasteiger partial charge in [-0.1, -0.05) is 0 Å². The van der Waals surface area contributed by atoms with Gasteiger partial charge in [0.05, 0.1) is 16.0 Å². The van der Waals surface area contributed by atoms with Crippen LogP contribution >= 0.6 is 0 Å². The molecule has 1 aromatic carbocycles. The highest BCUT2D eigenvalue weighted by Crippen LogP contribution is 2.61. The van der Waals surface area contributed by atoms with E-state index in [2.05, 4.69) is 0 Å². The largest absolute Gasteiger partial charge is 0.492 e. The third-order valence-corrected chi connectivity index (χ3v) is 14.8. The summed E-state index contributed by atoms with van der Waals surface area (Å²) in [5, 5.41) is 0. The molecule has 8 saturated carbocycles. The van der Waals surface area contributed by atoms with E-state index >= 15 is 0 Å². The minimum atomic E-state index is -1.27. The third kappa shape index (κ3) is 4.06. The van der Waals surface area contributed by atoms with Crippen molar-refractivity contribution < 1.29 is 17.5 Å². The lowest BCUT2D eigenvalue weighted by molar-refractivity contribution is 0.0324.